The largest absolute Gasteiger partial charge is 0.385 e. The third-order valence-corrected chi connectivity index (χ3v) is 3.71. The van der Waals surface area contributed by atoms with Crippen LogP contribution >= 0.6 is 0 Å². The van der Waals surface area contributed by atoms with Crippen LogP contribution in [0.2, 0.25) is 0 Å². The molecule has 0 saturated carbocycles. The fraction of sp³-hybridized carbons (Fsp3) is 0.909. The van der Waals surface area contributed by atoms with Crippen LogP contribution in [-0.2, 0) is 19.1 Å². The zero-order valence-corrected chi connectivity index (χ0v) is 20.1. The van der Waals surface area contributed by atoms with Crippen molar-refractivity contribution < 1.29 is 19.1 Å². The Morgan fingerprint density at radius 2 is 1.46 bits per heavy atom. The Morgan fingerprint density at radius 1 is 0.964 bits per heavy atom. The molecule has 0 aliphatic rings. The average molecular weight is 405 g/mol. The summed E-state index contributed by atoms with van der Waals surface area (Å²) in [6.45, 7) is 19.5. The Morgan fingerprint density at radius 3 is 1.89 bits per heavy atom. The van der Waals surface area contributed by atoms with E-state index in [1.807, 2.05) is 34.6 Å². The zero-order chi connectivity index (χ0) is 22.5. The molecule has 0 aromatic carbocycles. The Bertz CT molecular complexity index is 356. The molecule has 2 amide bonds. The highest BCUT2D eigenvalue weighted by atomic mass is 16.5. The maximum Gasteiger partial charge on any atom is 0.220 e. The minimum Gasteiger partial charge on any atom is -0.385 e. The summed E-state index contributed by atoms with van der Waals surface area (Å²) in [5.74, 6) is 0.122. The Hall–Kier alpha value is -1.14. The molecule has 6 nitrogen and oxygen atoms in total. The first kappa shape index (κ1) is 31.6. The van der Waals surface area contributed by atoms with E-state index in [9.17, 15) is 9.59 Å². The minimum atomic E-state index is -0.103. The van der Waals surface area contributed by atoms with E-state index < -0.39 is 0 Å². The van der Waals surface area contributed by atoms with Crippen molar-refractivity contribution in [2.45, 2.75) is 81.1 Å². The van der Waals surface area contributed by atoms with E-state index >= 15 is 0 Å². The quantitative estimate of drug-likeness (QED) is 0.336. The van der Waals surface area contributed by atoms with Crippen LogP contribution in [0.5, 0.6) is 0 Å². The second-order valence-electron chi connectivity index (χ2n) is 8.13. The first-order chi connectivity index (χ1) is 13.1. The number of carbonyl (C=O) groups excluding carboxylic acids is 2. The van der Waals surface area contributed by atoms with E-state index in [1.165, 1.54) is 0 Å². The highest BCUT2D eigenvalue weighted by Gasteiger charge is 2.23. The first-order valence-corrected chi connectivity index (χ1v) is 10.6. The summed E-state index contributed by atoms with van der Waals surface area (Å²) in [4.78, 5) is 22.1. The van der Waals surface area contributed by atoms with Crippen LogP contribution in [0.4, 0.5) is 0 Å². The summed E-state index contributed by atoms with van der Waals surface area (Å²) in [6, 6.07) is 0. The molecule has 0 unspecified atom stereocenters. The molecule has 0 aromatic rings. The number of hydrogen-bond acceptors (Lipinski definition) is 4. The standard InChI is InChI=1S/C17H34N2O3.C3H8O.C2H6/c1-6-7-8-9-15(21)19-11-17(4,5)13-22-12-16(2,3)10-18-14-20;1-3-4-2;1-2/h14H,6-13H2,1-5H3,(H,18,20)(H,19,21);3H2,1-2H3;1-2H3. The fourth-order valence-electron chi connectivity index (χ4n) is 1.99. The average Bonchev–Trinajstić information content (AvgIpc) is 2.66. The van der Waals surface area contributed by atoms with Crippen LogP contribution in [0.15, 0.2) is 0 Å². The Labute approximate surface area is 174 Å². The second kappa shape index (κ2) is 20.6. The maximum absolute atomic E-state index is 11.7. The van der Waals surface area contributed by atoms with Gasteiger partial charge in [0.15, 0.2) is 0 Å². The Kier molecular flexibility index (Phi) is 23.2. The summed E-state index contributed by atoms with van der Waals surface area (Å²) in [5.41, 5.74) is -0.199. The third kappa shape index (κ3) is 24.9. The van der Waals surface area contributed by atoms with Crippen molar-refractivity contribution in [3.05, 3.63) is 0 Å². The van der Waals surface area contributed by atoms with Gasteiger partial charge in [0, 0.05) is 44.1 Å². The van der Waals surface area contributed by atoms with Crippen LogP contribution in [0, 0.1) is 10.8 Å². The molecule has 2 N–H and O–H groups in total. The molecule has 170 valence electrons. The van der Waals surface area contributed by atoms with Gasteiger partial charge in [-0.05, 0) is 13.3 Å². The van der Waals surface area contributed by atoms with Crippen molar-refractivity contribution in [3.8, 4) is 0 Å². The highest BCUT2D eigenvalue weighted by molar-refractivity contribution is 5.75. The van der Waals surface area contributed by atoms with Crippen LogP contribution in [0.1, 0.15) is 81.1 Å². The number of unbranched alkanes of at least 4 members (excludes halogenated alkanes) is 2. The predicted octanol–water partition coefficient (Wildman–Crippen LogP) is 4.18. The summed E-state index contributed by atoms with van der Waals surface area (Å²) < 4.78 is 10.3. The van der Waals surface area contributed by atoms with Crippen molar-refractivity contribution in [2.24, 2.45) is 10.8 Å². The molecule has 0 rings (SSSR count). The summed E-state index contributed by atoms with van der Waals surface area (Å²) in [5, 5.41) is 5.67. The molecular formula is C22H48N2O4. The molecule has 6 heteroatoms. The number of methoxy groups -OCH3 is 1. The van der Waals surface area contributed by atoms with Gasteiger partial charge in [-0.2, -0.15) is 0 Å². The predicted molar refractivity (Wildman–Crippen MR) is 118 cm³/mol. The lowest BCUT2D eigenvalue weighted by atomic mass is 9.93. The number of carbonyl (C=O) groups is 2. The van der Waals surface area contributed by atoms with Crippen LogP contribution < -0.4 is 10.6 Å². The van der Waals surface area contributed by atoms with Gasteiger partial charge >= 0.3 is 0 Å². The van der Waals surface area contributed by atoms with E-state index in [0.29, 0.717) is 39.1 Å². The second-order valence-corrected chi connectivity index (χ2v) is 8.13. The number of ether oxygens (including phenoxy) is 2. The van der Waals surface area contributed by atoms with Gasteiger partial charge in [0.2, 0.25) is 12.3 Å². The van der Waals surface area contributed by atoms with Crippen molar-refractivity contribution in [1.29, 1.82) is 0 Å². The first-order valence-electron chi connectivity index (χ1n) is 10.6. The van der Waals surface area contributed by atoms with Crippen molar-refractivity contribution >= 4 is 12.3 Å². The number of amides is 2. The normalized spacial score (nSPS) is 10.8. The molecule has 0 saturated heterocycles. The number of nitrogens with one attached hydrogen (secondary N) is 2. The molecule has 0 fully saturated rings. The van der Waals surface area contributed by atoms with E-state index in [1.54, 1.807) is 7.11 Å². The lowest BCUT2D eigenvalue weighted by Crippen LogP contribution is -2.38. The van der Waals surface area contributed by atoms with Crippen molar-refractivity contribution in [3.63, 3.8) is 0 Å². The molecule has 0 bridgehead atoms. The van der Waals surface area contributed by atoms with E-state index in [4.69, 9.17) is 4.74 Å². The van der Waals surface area contributed by atoms with E-state index in [-0.39, 0.29) is 16.7 Å². The van der Waals surface area contributed by atoms with Gasteiger partial charge in [0.1, 0.15) is 0 Å². The molecule has 0 aromatic heterocycles. The summed E-state index contributed by atoms with van der Waals surface area (Å²) in [6.07, 6.45) is 4.50. The van der Waals surface area contributed by atoms with E-state index in [0.717, 1.165) is 25.9 Å². The van der Waals surface area contributed by atoms with Crippen molar-refractivity contribution in [2.75, 3.05) is 40.0 Å². The molecule has 0 spiro atoms. The fourth-order valence-corrected chi connectivity index (χ4v) is 1.99. The van der Waals surface area contributed by atoms with Crippen LogP contribution in [0.25, 0.3) is 0 Å². The zero-order valence-electron chi connectivity index (χ0n) is 20.1. The topological polar surface area (TPSA) is 76.7 Å². The molecule has 0 aliphatic carbocycles. The van der Waals surface area contributed by atoms with Crippen molar-refractivity contribution in [1.82, 2.24) is 10.6 Å². The Balaban J connectivity index is -0.000000916. The molecule has 0 radical (unpaired) electrons. The van der Waals surface area contributed by atoms with Gasteiger partial charge in [-0.25, -0.2) is 0 Å². The van der Waals surface area contributed by atoms with Crippen LogP contribution in [0.3, 0.4) is 0 Å². The van der Waals surface area contributed by atoms with Gasteiger partial charge in [0.05, 0.1) is 13.2 Å². The summed E-state index contributed by atoms with van der Waals surface area (Å²) >= 11 is 0. The van der Waals surface area contributed by atoms with Gasteiger partial charge in [-0.3, -0.25) is 9.59 Å². The number of hydrogen-bond donors (Lipinski definition) is 2. The monoisotopic (exact) mass is 404 g/mol. The summed E-state index contributed by atoms with van der Waals surface area (Å²) in [7, 11) is 1.68. The molecule has 0 heterocycles. The van der Waals surface area contributed by atoms with Gasteiger partial charge < -0.3 is 20.1 Å². The molecule has 28 heavy (non-hydrogen) atoms. The van der Waals surface area contributed by atoms with Gasteiger partial charge in [-0.1, -0.05) is 61.3 Å². The highest BCUT2D eigenvalue weighted by Crippen LogP contribution is 2.18. The lowest BCUT2D eigenvalue weighted by molar-refractivity contribution is -0.121. The van der Waals surface area contributed by atoms with E-state index in [2.05, 4.69) is 36.1 Å². The lowest BCUT2D eigenvalue weighted by Gasteiger charge is -2.29. The molecule has 0 aliphatic heterocycles. The van der Waals surface area contributed by atoms with Gasteiger partial charge in [-0.15, -0.1) is 0 Å². The SMILES string of the molecule is CC.CCCCCC(=O)NCC(C)(C)COCC(C)(C)CNC=O.CCOC. The van der Waals surface area contributed by atoms with Crippen LogP contribution in [-0.4, -0.2) is 52.3 Å². The third-order valence-electron chi connectivity index (χ3n) is 3.71. The van der Waals surface area contributed by atoms with Gasteiger partial charge in [0.25, 0.3) is 0 Å². The molecule has 0 atom stereocenters. The number of rotatable bonds is 14. The molecular weight excluding hydrogens is 356 g/mol. The minimum absolute atomic E-state index is 0.0968. The maximum atomic E-state index is 11.7. The smallest absolute Gasteiger partial charge is 0.220 e.